The summed E-state index contributed by atoms with van der Waals surface area (Å²) in [7, 11) is 0. The minimum Gasteiger partial charge on any atom is -0.487 e. The Bertz CT molecular complexity index is 1830. The van der Waals surface area contributed by atoms with Crippen molar-refractivity contribution in [3.63, 3.8) is 0 Å². The second-order valence-corrected chi connectivity index (χ2v) is 14.5. The Morgan fingerprint density at radius 1 is 1.00 bits per heavy atom. The first-order chi connectivity index (χ1) is 21.9. The Labute approximate surface area is 274 Å². The van der Waals surface area contributed by atoms with Crippen molar-refractivity contribution >= 4 is 28.6 Å². The van der Waals surface area contributed by atoms with Crippen molar-refractivity contribution < 1.29 is 19.0 Å². The Morgan fingerprint density at radius 3 is 2.35 bits per heavy atom. The van der Waals surface area contributed by atoms with Crippen molar-refractivity contribution in [1.82, 2.24) is 19.5 Å². The fourth-order valence-electron chi connectivity index (χ4n) is 5.62. The van der Waals surface area contributed by atoms with Crippen LogP contribution in [-0.4, -0.2) is 35.3 Å². The zero-order chi connectivity index (χ0) is 33.1. The van der Waals surface area contributed by atoms with Crippen LogP contribution in [0.4, 0.5) is 4.39 Å². The van der Waals surface area contributed by atoms with Crippen LogP contribution in [-0.2, 0) is 24.4 Å². The van der Waals surface area contributed by atoms with E-state index in [0.717, 1.165) is 38.4 Å². The van der Waals surface area contributed by atoms with Crippen LogP contribution in [0.15, 0.2) is 78.1 Å². The van der Waals surface area contributed by atoms with E-state index in [-0.39, 0.29) is 17.2 Å². The molecule has 7 nitrogen and oxygen atoms in total. The number of benzene rings is 2. The van der Waals surface area contributed by atoms with Crippen molar-refractivity contribution in [2.45, 2.75) is 83.6 Å². The molecular formula is C37H41FN4O3S. The van der Waals surface area contributed by atoms with Crippen molar-refractivity contribution in [2.24, 2.45) is 5.41 Å². The van der Waals surface area contributed by atoms with Gasteiger partial charge in [0.25, 0.3) is 0 Å². The molecule has 0 unspecified atom stereocenters. The van der Waals surface area contributed by atoms with Crippen LogP contribution >= 0.6 is 11.8 Å². The van der Waals surface area contributed by atoms with E-state index < -0.39 is 11.4 Å². The maximum Gasteiger partial charge on any atom is 0.310 e. The smallest absolute Gasteiger partial charge is 0.310 e. The van der Waals surface area contributed by atoms with Gasteiger partial charge >= 0.3 is 5.97 Å². The number of halogens is 1. The van der Waals surface area contributed by atoms with Crippen LogP contribution in [0, 0.1) is 18.2 Å². The first-order valence-electron chi connectivity index (χ1n) is 15.6. The highest BCUT2D eigenvalue weighted by Crippen LogP contribution is 2.45. The molecule has 0 spiro atoms. The lowest BCUT2D eigenvalue weighted by Crippen LogP contribution is -2.33. The van der Waals surface area contributed by atoms with Crippen LogP contribution < -0.4 is 4.74 Å². The quantitative estimate of drug-likeness (QED) is 0.136. The molecule has 9 heteroatoms. The maximum absolute atomic E-state index is 14.4. The average molecular weight is 641 g/mol. The number of fused-ring (bicyclic) bond motifs is 1. The summed E-state index contributed by atoms with van der Waals surface area (Å²) in [5.41, 5.74) is 4.67. The summed E-state index contributed by atoms with van der Waals surface area (Å²) in [5, 5.41) is 11.5. The molecule has 0 saturated heterocycles. The van der Waals surface area contributed by atoms with Gasteiger partial charge in [0.2, 0.25) is 0 Å². The Kier molecular flexibility index (Phi) is 9.82. The highest BCUT2D eigenvalue weighted by atomic mass is 32.2. The third kappa shape index (κ3) is 7.25. The van der Waals surface area contributed by atoms with E-state index in [2.05, 4.69) is 52.4 Å². The highest BCUT2D eigenvalue weighted by molar-refractivity contribution is 8.00. The van der Waals surface area contributed by atoms with Crippen LogP contribution in [0.25, 0.3) is 22.2 Å². The van der Waals surface area contributed by atoms with Gasteiger partial charge in [0.15, 0.2) is 0 Å². The molecule has 0 aliphatic heterocycles. The standard InChI is InChI=1S/C37H41FN4O3S/c1-7-37(8-2,35(43)44)19-32-34(46-36(4,5)6)29-18-28(45-23-27-21-40-24(3)20-41-27)15-16-31(29)42(32)22-25-11-13-26(14-12-25)33-30(38)10-9-17-39-33/h9-18,20-21H,7-8,19,22-23H2,1-6H3,(H,43,44). The SMILES string of the molecule is CCC(CC)(Cc1c(SC(C)(C)C)c2cc(OCc3cnc(C)cn3)ccc2n1Cc1ccc(-c2ncccc2F)cc1)C(=O)O. The molecule has 0 saturated carbocycles. The Balaban J connectivity index is 1.62. The first-order valence-corrected chi connectivity index (χ1v) is 16.4. The third-order valence-electron chi connectivity index (χ3n) is 8.36. The normalized spacial score (nSPS) is 12.1. The van der Waals surface area contributed by atoms with E-state index in [9.17, 15) is 14.3 Å². The first kappa shape index (κ1) is 33.1. The number of rotatable bonds is 12. The molecule has 0 fully saturated rings. The lowest BCUT2D eigenvalue weighted by molar-refractivity contribution is -0.149. The molecule has 2 aromatic carbocycles. The molecular weight excluding hydrogens is 599 g/mol. The van der Waals surface area contributed by atoms with E-state index in [4.69, 9.17) is 4.74 Å². The molecule has 0 aliphatic carbocycles. The summed E-state index contributed by atoms with van der Waals surface area (Å²) in [6, 6.07) is 16.8. The lowest BCUT2D eigenvalue weighted by Gasteiger charge is -2.29. The number of aryl methyl sites for hydroxylation is 1. The number of nitrogens with zero attached hydrogens (tertiary/aromatic N) is 4. The monoisotopic (exact) mass is 640 g/mol. The molecule has 0 radical (unpaired) electrons. The Morgan fingerprint density at radius 2 is 1.74 bits per heavy atom. The third-order valence-corrected chi connectivity index (χ3v) is 9.63. The van der Waals surface area contributed by atoms with E-state index in [0.29, 0.717) is 42.8 Å². The number of thioether (sulfide) groups is 1. The van der Waals surface area contributed by atoms with Crippen LogP contribution in [0.3, 0.4) is 0 Å². The van der Waals surface area contributed by atoms with Crippen LogP contribution in [0.2, 0.25) is 0 Å². The van der Waals surface area contributed by atoms with Crippen molar-refractivity contribution in [1.29, 1.82) is 0 Å². The van der Waals surface area contributed by atoms with E-state index in [1.165, 1.54) is 6.07 Å². The van der Waals surface area contributed by atoms with Gasteiger partial charge in [-0.3, -0.25) is 19.7 Å². The fraction of sp³-hybridized carbons (Fsp3) is 0.351. The number of carboxylic acids is 1. The van der Waals surface area contributed by atoms with Gasteiger partial charge in [-0.15, -0.1) is 11.8 Å². The highest BCUT2D eigenvalue weighted by Gasteiger charge is 2.38. The zero-order valence-electron chi connectivity index (χ0n) is 27.3. The summed E-state index contributed by atoms with van der Waals surface area (Å²) in [6.07, 6.45) is 6.43. The van der Waals surface area contributed by atoms with Gasteiger partial charge in [0, 0.05) is 57.2 Å². The van der Waals surface area contributed by atoms with Crippen molar-refractivity contribution in [3.05, 3.63) is 102 Å². The molecule has 0 aliphatic rings. The molecule has 0 atom stereocenters. The predicted octanol–water partition coefficient (Wildman–Crippen LogP) is 8.89. The van der Waals surface area contributed by atoms with Gasteiger partial charge in [0.1, 0.15) is 23.9 Å². The minimum atomic E-state index is -0.914. The van der Waals surface area contributed by atoms with Crippen LogP contribution in [0.1, 0.15) is 70.1 Å². The maximum atomic E-state index is 14.4. The number of carboxylic acid groups (broad SMARTS) is 1. The van der Waals surface area contributed by atoms with E-state index in [1.807, 2.05) is 51.1 Å². The number of pyridine rings is 1. The lowest BCUT2D eigenvalue weighted by atomic mass is 9.78. The number of hydrogen-bond acceptors (Lipinski definition) is 6. The topological polar surface area (TPSA) is 90.1 Å². The van der Waals surface area contributed by atoms with Crippen molar-refractivity contribution in [2.75, 3.05) is 0 Å². The van der Waals surface area contributed by atoms with E-state index >= 15 is 0 Å². The van der Waals surface area contributed by atoms with Gasteiger partial charge in [-0.2, -0.15) is 0 Å². The number of aliphatic carboxylic acids is 1. The number of carbonyl (C=O) groups is 1. The summed E-state index contributed by atoms with van der Waals surface area (Å²) in [4.78, 5) is 26.8. The molecule has 3 heterocycles. The number of aromatic nitrogens is 4. The molecule has 5 rings (SSSR count). The Hall–Kier alpha value is -4.24. The average Bonchev–Trinajstić information content (AvgIpc) is 3.29. The molecule has 5 aromatic rings. The number of hydrogen-bond donors (Lipinski definition) is 1. The number of ether oxygens (including phenoxy) is 1. The van der Waals surface area contributed by atoms with Crippen LogP contribution in [0.5, 0.6) is 5.75 Å². The summed E-state index contributed by atoms with van der Waals surface area (Å²) in [5.74, 6) is -0.452. The molecule has 1 N–H and O–H groups in total. The summed E-state index contributed by atoms with van der Waals surface area (Å²) >= 11 is 1.75. The van der Waals surface area contributed by atoms with Gasteiger partial charge in [-0.1, -0.05) is 58.9 Å². The minimum absolute atomic E-state index is 0.138. The second-order valence-electron chi connectivity index (χ2n) is 12.7. The largest absolute Gasteiger partial charge is 0.487 e. The van der Waals surface area contributed by atoms with E-state index in [1.54, 1.807) is 36.4 Å². The van der Waals surface area contributed by atoms with Gasteiger partial charge in [-0.05, 0) is 55.7 Å². The van der Waals surface area contributed by atoms with Gasteiger partial charge in [-0.25, -0.2) is 4.39 Å². The summed E-state index contributed by atoms with van der Waals surface area (Å²) in [6.45, 7) is 13.1. The molecule has 3 aromatic heterocycles. The molecule has 240 valence electrons. The predicted molar refractivity (Wildman–Crippen MR) is 182 cm³/mol. The molecule has 0 bridgehead atoms. The zero-order valence-corrected chi connectivity index (χ0v) is 28.1. The van der Waals surface area contributed by atoms with Gasteiger partial charge < -0.3 is 14.4 Å². The van der Waals surface area contributed by atoms with Gasteiger partial charge in [0.05, 0.1) is 23.0 Å². The summed E-state index contributed by atoms with van der Waals surface area (Å²) < 4.78 is 22.7. The fourth-order valence-corrected chi connectivity index (χ4v) is 6.81. The molecule has 0 amide bonds. The molecule has 46 heavy (non-hydrogen) atoms. The second kappa shape index (κ2) is 13.6. The van der Waals surface area contributed by atoms with Crippen molar-refractivity contribution in [3.8, 4) is 17.0 Å².